The summed E-state index contributed by atoms with van der Waals surface area (Å²) in [4.78, 5) is 11.4. The number of para-hydroxylation sites is 1. The summed E-state index contributed by atoms with van der Waals surface area (Å²) in [5.74, 6) is -0.403. The Morgan fingerprint density at radius 3 is 2.67 bits per heavy atom. The van der Waals surface area contributed by atoms with E-state index in [9.17, 15) is 4.79 Å². The largest absolute Gasteiger partial charge is 0.380 e. The molecule has 0 spiro atoms. The van der Waals surface area contributed by atoms with Gasteiger partial charge in [-0.05, 0) is 25.0 Å². The Labute approximate surface area is 108 Å². The fourth-order valence-electron chi connectivity index (χ4n) is 2.54. The maximum absolute atomic E-state index is 11.4. The van der Waals surface area contributed by atoms with Crippen LogP contribution in [0.1, 0.15) is 42.5 Å². The summed E-state index contributed by atoms with van der Waals surface area (Å²) >= 11 is 0. The van der Waals surface area contributed by atoms with E-state index >= 15 is 0 Å². The van der Waals surface area contributed by atoms with E-state index in [1.54, 1.807) is 6.07 Å². The van der Waals surface area contributed by atoms with Crippen molar-refractivity contribution in [1.29, 1.82) is 0 Å². The second kappa shape index (κ2) is 5.87. The molecule has 1 aromatic rings. The van der Waals surface area contributed by atoms with Crippen molar-refractivity contribution in [3.63, 3.8) is 0 Å². The van der Waals surface area contributed by atoms with Gasteiger partial charge >= 0.3 is 0 Å². The molecule has 0 aromatic heterocycles. The van der Waals surface area contributed by atoms with Gasteiger partial charge < -0.3 is 16.8 Å². The molecule has 1 saturated carbocycles. The second-order valence-electron chi connectivity index (χ2n) is 4.96. The number of benzene rings is 1. The van der Waals surface area contributed by atoms with Crippen LogP contribution in [0.15, 0.2) is 24.3 Å². The summed E-state index contributed by atoms with van der Waals surface area (Å²) in [6.45, 7) is 0. The monoisotopic (exact) mass is 247 g/mol. The van der Waals surface area contributed by atoms with Gasteiger partial charge in [0.05, 0.1) is 5.56 Å². The SMILES string of the molecule is NC(=O)c1ccccc1NC1CCCCCC1N. The number of rotatable bonds is 3. The van der Waals surface area contributed by atoms with E-state index in [-0.39, 0.29) is 12.1 Å². The molecule has 98 valence electrons. The lowest BCUT2D eigenvalue weighted by Crippen LogP contribution is -2.39. The van der Waals surface area contributed by atoms with Gasteiger partial charge in [-0.15, -0.1) is 0 Å². The van der Waals surface area contributed by atoms with Gasteiger partial charge in [-0.1, -0.05) is 31.4 Å². The van der Waals surface area contributed by atoms with Gasteiger partial charge in [-0.3, -0.25) is 4.79 Å². The van der Waals surface area contributed by atoms with Crippen LogP contribution in [0.2, 0.25) is 0 Å². The molecule has 1 aliphatic rings. The standard InChI is InChI=1S/C14H21N3O/c15-11-7-2-1-3-9-13(11)17-12-8-5-4-6-10(12)14(16)18/h4-6,8,11,13,17H,1-3,7,9,15H2,(H2,16,18). The molecule has 0 radical (unpaired) electrons. The molecule has 2 atom stereocenters. The maximum Gasteiger partial charge on any atom is 0.250 e. The molecular formula is C14H21N3O. The van der Waals surface area contributed by atoms with Gasteiger partial charge in [0.15, 0.2) is 0 Å². The predicted octanol–water partition coefficient (Wildman–Crippen LogP) is 1.86. The van der Waals surface area contributed by atoms with Gasteiger partial charge in [-0.2, -0.15) is 0 Å². The van der Waals surface area contributed by atoms with Crippen LogP contribution in [0.3, 0.4) is 0 Å². The summed E-state index contributed by atoms with van der Waals surface area (Å²) in [7, 11) is 0. The number of carbonyl (C=O) groups excluding carboxylic acids is 1. The van der Waals surface area contributed by atoms with Crippen LogP contribution in [-0.2, 0) is 0 Å². The number of anilines is 1. The normalized spacial score (nSPS) is 24.3. The van der Waals surface area contributed by atoms with Crippen molar-refractivity contribution in [2.24, 2.45) is 11.5 Å². The average Bonchev–Trinajstić information content (AvgIpc) is 2.55. The summed E-state index contributed by atoms with van der Waals surface area (Å²) in [5.41, 5.74) is 12.9. The number of hydrogen-bond donors (Lipinski definition) is 3. The number of nitrogens with one attached hydrogen (secondary N) is 1. The minimum absolute atomic E-state index is 0.147. The van der Waals surface area contributed by atoms with Crippen molar-refractivity contribution >= 4 is 11.6 Å². The van der Waals surface area contributed by atoms with Crippen molar-refractivity contribution in [3.05, 3.63) is 29.8 Å². The number of primary amides is 1. The number of carbonyl (C=O) groups is 1. The van der Waals surface area contributed by atoms with Crippen LogP contribution in [0, 0.1) is 0 Å². The Kier molecular flexibility index (Phi) is 4.20. The Balaban J connectivity index is 2.14. The van der Waals surface area contributed by atoms with Crippen LogP contribution in [0.5, 0.6) is 0 Å². The molecule has 0 aliphatic heterocycles. The van der Waals surface area contributed by atoms with E-state index in [1.807, 2.05) is 18.2 Å². The number of hydrogen-bond acceptors (Lipinski definition) is 3. The molecule has 1 fully saturated rings. The van der Waals surface area contributed by atoms with E-state index in [0.717, 1.165) is 18.5 Å². The quantitative estimate of drug-likeness (QED) is 0.713. The Morgan fingerprint density at radius 1 is 1.17 bits per heavy atom. The summed E-state index contributed by atoms with van der Waals surface area (Å²) < 4.78 is 0. The third-order valence-electron chi connectivity index (χ3n) is 3.60. The smallest absolute Gasteiger partial charge is 0.250 e. The first-order valence-corrected chi connectivity index (χ1v) is 6.59. The molecule has 0 bridgehead atoms. The van der Waals surface area contributed by atoms with Gasteiger partial charge in [0, 0.05) is 17.8 Å². The molecule has 2 unspecified atom stereocenters. The number of nitrogens with two attached hydrogens (primary N) is 2. The summed E-state index contributed by atoms with van der Waals surface area (Å²) in [6, 6.07) is 7.72. The average molecular weight is 247 g/mol. The van der Waals surface area contributed by atoms with Gasteiger partial charge in [0.2, 0.25) is 0 Å². The van der Waals surface area contributed by atoms with Crippen LogP contribution >= 0.6 is 0 Å². The third kappa shape index (κ3) is 3.01. The highest BCUT2D eigenvalue weighted by Gasteiger charge is 2.21. The van der Waals surface area contributed by atoms with E-state index in [1.165, 1.54) is 19.3 Å². The molecule has 4 nitrogen and oxygen atoms in total. The molecule has 0 saturated heterocycles. The molecule has 1 amide bonds. The fourth-order valence-corrected chi connectivity index (χ4v) is 2.54. The van der Waals surface area contributed by atoms with E-state index in [4.69, 9.17) is 11.5 Å². The van der Waals surface area contributed by atoms with Crippen LogP contribution in [-0.4, -0.2) is 18.0 Å². The van der Waals surface area contributed by atoms with Crippen molar-refractivity contribution in [3.8, 4) is 0 Å². The topological polar surface area (TPSA) is 81.1 Å². The first kappa shape index (κ1) is 12.9. The molecule has 2 rings (SSSR count). The van der Waals surface area contributed by atoms with Crippen LogP contribution in [0.4, 0.5) is 5.69 Å². The Bertz CT molecular complexity index is 419. The highest BCUT2D eigenvalue weighted by molar-refractivity contribution is 5.98. The Hall–Kier alpha value is -1.55. The predicted molar refractivity (Wildman–Crippen MR) is 73.4 cm³/mol. The molecular weight excluding hydrogens is 226 g/mol. The fraction of sp³-hybridized carbons (Fsp3) is 0.500. The highest BCUT2D eigenvalue weighted by Crippen LogP contribution is 2.22. The molecule has 0 heterocycles. The third-order valence-corrected chi connectivity index (χ3v) is 3.60. The van der Waals surface area contributed by atoms with Gasteiger partial charge in [-0.25, -0.2) is 0 Å². The van der Waals surface area contributed by atoms with Crippen molar-refractivity contribution in [2.75, 3.05) is 5.32 Å². The molecule has 1 aliphatic carbocycles. The molecule has 4 heteroatoms. The lowest BCUT2D eigenvalue weighted by Gasteiger charge is -2.24. The Morgan fingerprint density at radius 2 is 1.89 bits per heavy atom. The first-order chi connectivity index (χ1) is 8.68. The lowest BCUT2D eigenvalue weighted by atomic mass is 10.0. The minimum Gasteiger partial charge on any atom is -0.380 e. The zero-order valence-electron chi connectivity index (χ0n) is 10.6. The number of amides is 1. The van der Waals surface area contributed by atoms with Crippen molar-refractivity contribution in [2.45, 2.75) is 44.2 Å². The zero-order valence-corrected chi connectivity index (χ0v) is 10.6. The van der Waals surface area contributed by atoms with Crippen molar-refractivity contribution in [1.82, 2.24) is 0 Å². The van der Waals surface area contributed by atoms with Gasteiger partial charge in [0.1, 0.15) is 0 Å². The lowest BCUT2D eigenvalue weighted by molar-refractivity contribution is 0.100. The summed E-state index contributed by atoms with van der Waals surface area (Å²) in [6.07, 6.45) is 5.70. The second-order valence-corrected chi connectivity index (χ2v) is 4.96. The first-order valence-electron chi connectivity index (χ1n) is 6.59. The maximum atomic E-state index is 11.4. The van der Waals surface area contributed by atoms with E-state index in [2.05, 4.69) is 5.32 Å². The molecule has 5 N–H and O–H groups in total. The molecule has 1 aromatic carbocycles. The van der Waals surface area contributed by atoms with E-state index in [0.29, 0.717) is 5.56 Å². The molecule has 18 heavy (non-hydrogen) atoms. The van der Waals surface area contributed by atoms with Crippen LogP contribution < -0.4 is 16.8 Å². The zero-order chi connectivity index (χ0) is 13.0. The van der Waals surface area contributed by atoms with Crippen LogP contribution in [0.25, 0.3) is 0 Å². The highest BCUT2D eigenvalue weighted by atomic mass is 16.1. The minimum atomic E-state index is -0.403. The summed E-state index contributed by atoms with van der Waals surface area (Å²) in [5, 5.41) is 3.39. The van der Waals surface area contributed by atoms with Crippen molar-refractivity contribution < 1.29 is 4.79 Å². The van der Waals surface area contributed by atoms with Gasteiger partial charge in [0.25, 0.3) is 5.91 Å². The van der Waals surface area contributed by atoms with E-state index < -0.39 is 5.91 Å².